The number of para-hydroxylation sites is 1. The molecule has 4 aromatic rings. The minimum atomic E-state index is -3.56. The van der Waals surface area contributed by atoms with Crippen molar-refractivity contribution in [3.8, 4) is 5.75 Å². The molecule has 1 unspecified atom stereocenters. The van der Waals surface area contributed by atoms with Crippen molar-refractivity contribution in [2.24, 2.45) is 0 Å². The minimum absolute atomic E-state index is 0.0197. The average Bonchev–Trinajstić information content (AvgIpc) is 3.70. The first kappa shape index (κ1) is 31.7. The monoisotopic (exact) mass is 646 g/mol. The zero-order chi connectivity index (χ0) is 32.6. The van der Waals surface area contributed by atoms with Gasteiger partial charge in [-0.2, -0.15) is 19.6 Å². The molecule has 0 spiro atoms. The number of hydrogen-bond donors (Lipinski definition) is 2. The van der Waals surface area contributed by atoms with Crippen molar-refractivity contribution in [1.82, 2.24) is 29.4 Å². The lowest BCUT2D eigenvalue weighted by molar-refractivity contribution is -0.136. The molecule has 4 heterocycles. The van der Waals surface area contributed by atoms with Crippen molar-refractivity contribution in [3.63, 3.8) is 0 Å². The normalized spacial score (nSPS) is 18.0. The van der Waals surface area contributed by atoms with Crippen molar-refractivity contribution >= 4 is 44.7 Å². The van der Waals surface area contributed by atoms with Crippen molar-refractivity contribution < 1.29 is 17.9 Å². The number of carbonyl (C=O) groups is 1. The number of likely N-dealkylation sites (tertiary alicyclic amines) is 2. The number of hydrogen-bond acceptors (Lipinski definition) is 10. The van der Waals surface area contributed by atoms with Crippen LogP contribution in [0.4, 0.5) is 23.3 Å². The standard InChI is InChI=1S/C33H42N8O4S/c1-21(2)46(43,44)29-11-7-6-9-25(29)36-33-38-32(37-30-12-15-34-41(30)33)35-26-19-22(3)24(20-28(26)45-5)23-13-17-40(18-14-23)31(42)27-10-8-16-39(27)4/h6-7,9,11-12,15,19-21,23,27H,8,10,13-14,16-18H2,1-5H3,(H2,35,36,37,38). The molecule has 0 bridgehead atoms. The van der Waals surface area contributed by atoms with E-state index < -0.39 is 15.1 Å². The van der Waals surface area contributed by atoms with E-state index in [0.29, 0.717) is 40.6 Å². The summed E-state index contributed by atoms with van der Waals surface area (Å²) in [7, 11) is 0.127. The fourth-order valence-corrected chi connectivity index (χ4v) is 7.73. The summed E-state index contributed by atoms with van der Waals surface area (Å²) >= 11 is 0. The molecular formula is C33H42N8O4S. The van der Waals surface area contributed by atoms with Gasteiger partial charge in [-0.25, -0.2) is 8.42 Å². The molecule has 244 valence electrons. The largest absolute Gasteiger partial charge is 0.495 e. The third kappa shape index (κ3) is 6.13. The number of aromatic nitrogens is 4. The van der Waals surface area contributed by atoms with Crippen LogP contribution in [-0.4, -0.2) is 88.8 Å². The molecule has 1 atom stereocenters. The van der Waals surface area contributed by atoms with Gasteiger partial charge in [-0.05, 0) is 101 Å². The Labute approximate surface area is 270 Å². The van der Waals surface area contributed by atoms with E-state index in [1.807, 2.05) is 18.0 Å². The second-order valence-electron chi connectivity index (χ2n) is 12.5. The van der Waals surface area contributed by atoms with Crippen LogP contribution in [0.5, 0.6) is 5.75 Å². The van der Waals surface area contributed by atoms with E-state index in [1.165, 1.54) is 10.1 Å². The predicted octanol–water partition coefficient (Wildman–Crippen LogP) is 4.91. The lowest BCUT2D eigenvalue weighted by Gasteiger charge is -2.35. The summed E-state index contributed by atoms with van der Waals surface area (Å²) in [5.74, 6) is 1.86. The van der Waals surface area contributed by atoms with Crippen molar-refractivity contribution in [2.75, 3.05) is 44.4 Å². The molecule has 2 aliphatic heterocycles. The van der Waals surface area contributed by atoms with Gasteiger partial charge in [0.1, 0.15) is 5.75 Å². The molecule has 2 aliphatic rings. The number of ether oxygens (including phenoxy) is 1. The second-order valence-corrected chi connectivity index (χ2v) is 14.9. The summed E-state index contributed by atoms with van der Waals surface area (Å²) in [5.41, 5.74) is 3.96. The zero-order valence-corrected chi connectivity index (χ0v) is 27.8. The number of likely N-dealkylation sites (N-methyl/N-ethyl adjacent to an activating group) is 1. The molecule has 13 heteroatoms. The maximum Gasteiger partial charge on any atom is 0.239 e. The number of nitrogens with zero attached hydrogens (tertiary/aromatic N) is 6. The van der Waals surface area contributed by atoms with Crippen LogP contribution in [-0.2, 0) is 14.6 Å². The fraction of sp³-hybridized carbons (Fsp3) is 0.455. The smallest absolute Gasteiger partial charge is 0.239 e. The highest BCUT2D eigenvalue weighted by Gasteiger charge is 2.34. The van der Waals surface area contributed by atoms with Gasteiger partial charge in [-0.1, -0.05) is 12.1 Å². The minimum Gasteiger partial charge on any atom is -0.495 e. The molecule has 2 N–H and O–H groups in total. The number of aryl methyl sites for hydroxylation is 1. The summed E-state index contributed by atoms with van der Waals surface area (Å²) in [6, 6.07) is 12.7. The van der Waals surface area contributed by atoms with Crippen molar-refractivity contribution in [3.05, 3.63) is 59.8 Å². The SMILES string of the molecule is COc1cc(C2CCN(C(=O)C3CCCN3C)CC2)c(C)cc1Nc1nc(Nc2ccccc2S(=O)(=O)C(C)C)n2nccc2n1. The van der Waals surface area contributed by atoms with Crippen molar-refractivity contribution in [2.45, 2.75) is 68.6 Å². The lowest BCUT2D eigenvalue weighted by atomic mass is 9.86. The lowest BCUT2D eigenvalue weighted by Crippen LogP contribution is -2.47. The number of rotatable bonds is 9. The Balaban J connectivity index is 1.23. The van der Waals surface area contributed by atoms with E-state index in [0.717, 1.165) is 50.9 Å². The van der Waals surface area contributed by atoms with Crippen LogP contribution in [0.15, 0.2) is 53.6 Å². The van der Waals surface area contributed by atoms with Gasteiger partial charge in [-0.15, -0.1) is 0 Å². The Hall–Kier alpha value is -4.23. The molecular weight excluding hydrogens is 604 g/mol. The average molecular weight is 647 g/mol. The number of benzene rings is 2. The Morgan fingerprint density at radius 1 is 1.00 bits per heavy atom. The van der Waals surface area contributed by atoms with Gasteiger partial charge in [0.2, 0.25) is 17.8 Å². The van der Waals surface area contributed by atoms with Gasteiger partial charge in [0.15, 0.2) is 15.5 Å². The number of anilines is 4. The summed E-state index contributed by atoms with van der Waals surface area (Å²) < 4.78 is 33.5. The van der Waals surface area contributed by atoms with Crippen LogP contribution >= 0.6 is 0 Å². The van der Waals surface area contributed by atoms with Gasteiger partial charge < -0.3 is 20.3 Å². The van der Waals surface area contributed by atoms with Crippen LogP contribution < -0.4 is 15.4 Å². The van der Waals surface area contributed by atoms with E-state index in [9.17, 15) is 13.2 Å². The number of amides is 1. The highest BCUT2D eigenvalue weighted by Crippen LogP contribution is 2.38. The maximum atomic E-state index is 13.1. The Kier molecular flexibility index (Phi) is 8.88. The van der Waals surface area contributed by atoms with Crippen LogP contribution in [0.25, 0.3) is 5.65 Å². The Morgan fingerprint density at radius 2 is 1.76 bits per heavy atom. The highest BCUT2D eigenvalue weighted by molar-refractivity contribution is 7.92. The molecule has 46 heavy (non-hydrogen) atoms. The third-order valence-corrected chi connectivity index (χ3v) is 11.4. The van der Waals surface area contributed by atoms with Crippen molar-refractivity contribution in [1.29, 1.82) is 0 Å². The van der Waals surface area contributed by atoms with Crippen LogP contribution in [0.2, 0.25) is 0 Å². The summed E-state index contributed by atoms with van der Waals surface area (Å²) in [6.45, 7) is 7.90. The van der Waals surface area contributed by atoms with Crippen LogP contribution in [0.1, 0.15) is 56.6 Å². The Bertz CT molecular complexity index is 1850. The van der Waals surface area contributed by atoms with E-state index >= 15 is 0 Å². The summed E-state index contributed by atoms with van der Waals surface area (Å²) in [5, 5.41) is 10.3. The maximum absolute atomic E-state index is 13.1. The molecule has 2 saturated heterocycles. The van der Waals surface area contributed by atoms with Gasteiger partial charge in [0.05, 0.1) is 40.9 Å². The molecule has 0 radical (unpaired) electrons. The predicted molar refractivity (Wildman–Crippen MR) is 178 cm³/mol. The molecule has 2 aromatic heterocycles. The van der Waals surface area contributed by atoms with Gasteiger partial charge >= 0.3 is 0 Å². The van der Waals surface area contributed by atoms with Crippen LogP contribution in [0.3, 0.4) is 0 Å². The topological polar surface area (TPSA) is 134 Å². The molecule has 0 saturated carbocycles. The second kappa shape index (κ2) is 12.9. The number of fused-ring (bicyclic) bond motifs is 1. The number of nitrogens with one attached hydrogen (secondary N) is 2. The summed E-state index contributed by atoms with van der Waals surface area (Å²) in [6.07, 6.45) is 5.45. The van der Waals surface area contributed by atoms with Gasteiger partial charge in [0, 0.05) is 19.2 Å². The van der Waals surface area contributed by atoms with E-state index in [-0.39, 0.29) is 16.8 Å². The first-order valence-electron chi connectivity index (χ1n) is 15.8. The summed E-state index contributed by atoms with van der Waals surface area (Å²) in [4.78, 5) is 26.9. The van der Waals surface area contributed by atoms with Crippen LogP contribution in [0, 0.1) is 6.92 Å². The first-order chi connectivity index (χ1) is 22.1. The number of sulfone groups is 1. The quantitative estimate of drug-likeness (QED) is 0.258. The molecule has 0 aliphatic carbocycles. The first-order valence-corrected chi connectivity index (χ1v) is 17.4. The third-order valence-electron chi connectivity index (χ3n) is 9.20. The number of piperidine rings is 1. The molecule has 6 rings (SSSR count). The molecule has 12 nitrogen and oxygen atoms in total. The van der Waals surface area contributed by atoms with Gasteiger partial charge in [-0.3, -0.25) is 9.69 Å². The molecule has 2 aromatic carbocycles. The number of methoxy groups -OCH3 is 1. The van der Waals surface area contributed by atoms with Gasteiger partial charge in [0.25, 0.3) is 0 Å². The molecule has 1 amide bonds. The number of carbonyl (C=O) groups excluding carboxylic acids is 1. The van der Waals surface area contributed by atoms with E-state index in [2.05, 4.69) is 43.6 Å². The Morgan fingerprint density at radius 3 is 2.46 bits per heavy atom. The highest BCUT2D eigenvalue weighted by atomic mass is 32.2. The molecule has 2 fully saturated rings. The van der Waals surface area contributed by atoms with E-state index in [1.54, 1.807) is 57.5 Å². The zero-order valence-electron chi connectivity index (χ0n) is 27.0. The fourth-order valence-electron chi connectivity index (χ4n) is 6.53. The van der Waals surface area contributed by atoms with E-state index in [4.69, 9.17) is 4.74 Å².